The zero-order valence-electron chi connectivity index (χ0n) is 11.9. The van der Waals surface area contributed by atoms with Gasteiger partial charge < -0.3 is 16.9 Å². The molecule has 0 saturated heterocycles. The van der Waals surface area contributed by atoms with Crippen LogP contribution in [0.25, 0.3) is 11.4 Å². The maximum absolute atomic E-state index is 12.9. The van der Waals surface area contributed by atoms with Gasteiger partial charge in [-0.25, -0.2) is 4.39 Å². The van der Waals surface area contributed by atoms with Crippen LogP contribution in [0.1, 0.15) is 16.7 Å². The van der Waals surface area contributed by atoms with Crippen molar-refractivity contribution in [1.82, 2.24) is 0 Å². The summed E-state index contributed by atoms with van der Waals surface area (Å²) in [4.78, 5) is 0. The summed E-state index contributed by atoms with van der Waals surface area (Å²) in [7, 11) is 2.57. The Balaban J connectivity index is 2.42. The van der Waals surface area contributed by atoms with E-state index in [-0.39, 0.29) is 11.5 Å². The first-order chi connectivity index (χ1) is 10.4. The molecule has 0 amide bonds. The number of nitrogens with one attached hydrogen (secondary N) is 1. The van der Waals surface area contributed by atoms with E-state index < -0.39 is 0 Å². The van der Waals surface area contributed by atoms with E-state index in [2.05, 4.69) is 15.8 Å². The molecule has 1 atom stereocenters. The van der Waals surface area contributed by atoms with E-state index in [0.717, 1.165) is 5.30 Å². The molecule has 0 heterocycles. The molecule has 1 unspecified atom stereocenters. The highest BCUT2D eigenvalue weighted by Gasteiger charge is 2.11. The van der Waals surface area contributed by atoms with Crippen LogP contribution >= 0.6 is 9.24 Å². The van der Waals surface area contributed by atoms with Crippen molar-refractivity contribution in [2.75, 3.05) is 0 Å². The smallest absolute Gasteiger partial charge is 0.123 e. The topological polar surface area (TPSA) is 75.9 Å². The van der Waals surface area contributed by atoms with Gasteiger partial charge in [0.1, 0.15) is 5.82 Å². The normalized spacial score (nSPS) is 11.3. The third kappa shape index (κ3) is 3.41. The van der Waals surface area contributed by atoms with E-state index in [1.54, 1.807) is 12.1 Å². The summed E-state index contributed by atoms with van der Waals surface area (Å²) < 4.78 is 12.9. The van der Waals surface area contributed by atoms with Gasteiger partial charge in [-0.1, -0.05) is 36.9 Å². The number of halogens is 1. The molecule has 0 radical (unpaired) electrons. The Bertz CT molecular complexity index is 764. The Labute approximate surface area is 131 Å². The van der Waals surface area contributed by atoms with Crippen LogP contribution in [-0.4, -0.2) is 5.71 Å². The van der Waals surface area contributed by atoms with Gasteiger partial charge >= 0.3 is 0 Å². The first-order valence-electron chi connectivity index (χ1n) is 6.55. The zero-order chi connectivity index (χ0) is 16.3. The minimum atomic E-state index is -0.330. The van der Waals surface area contributed by atoms with E-state index in [9.17, 15) is 4.39 Å². The Morgan fingerprint density at radius 3 is 2.36 bits per heavy atom. The molecule has 0 aromatic heterocycles. The molecule has 2 aromatic rings. The van der Waals surface area contributed by atoms with Crippen molar-refractivity contribution in [3.8, 4) is 0 Å². The maximum Gasteiger partial charge on any atom is 0.123 e. The number of hydrogen-bond donors (Lipinski definition) is 3. The van der Waals surface area contributed by atoms with E-state index in [1.165, 1.54) is 18.2 Å². The molecule has 0 fully saturated rings. The molecule has 0 aliphatic heterocycles. The Hall–Kier alpha value is -2.45. The minimum Gasteiger partial charge on any atom is -0.399 e. The number of rotatable bonds is 4. The second-order valence-electron chi connectivity index (χ2n) is 4.82. The van der Waals surface area contributed by atoms with Gasteiger partial charge in [-0.15, -0.1) is 9.24 Å². The number of hydrogen-bond acceptors (Lipinski definition) is 3. The molecule has 5 N–H and O–H groups in total. The molecule has 0 spiro atoms. The van der Waals surface area contributed by atoms with Crippen LogP contribution in [0.3, 0.4) is 0 Å². The van der Waals surface area contributed by atoms with Crippen molar-refractivity contribution in [1.29, 1.82) is 5.41 Å². The van der Waals surface area contributed by atoms with E-state index >= 15 is 0 Å². The summed E-state index contributed by atoms with van der Waals surface area (Å²) in [6, 6.07) is 11.3. The highest BCUT2D eigenvalue weighted by molar-refractivity contribution is 7.27. The van der Waals surface area contributed by atoms with E-state index in [4.69, 9.17) is 16.9 Å². The zero-order valence-corrected chi connectivity index (χ0v) is 13.1. The molecule has 3 nitrogen and oxygen atoms in total. The molecule has 0 saturated carbocycles. The van der Waals surface area contributed by atoms with Crippen LogP contribution in [0.4, 0.5) is 4.39 Å². The van der Waals surface area contributed by atoms with E-state index in [1.807, 2.05) is 18.2 Å². The number of benzene rings is 2. The summed E-state index contributed by atoms with van der Waals surface area (Å²) >= 11 is 0. The lowest BCUT2D eigenvalue weighted by Crippen LogP contribution is -2.14. The molecule has 2 aromatic carbocycles. The van der Waals surface area contributed by atoms with Crippen LogP contribution in [0.5, 0.6) is 0 Å². The highest BCUT2D eigenvalue weighted by atomic mass is 31.0. The van der Waals surface area contributed by atoms with E-state index in [0.29, 0.717) is 28.1 Å². The second-order valence-corrected chi connectivity index (χ2v) is 5.44. The third-order valence-corrected chi connectivity index (χ3v) is 3.67. The summed E-state index contributed by atoms with van der Waals surface area (Å²) in [6.45, 7) is 3.73. The molecular weight excluding hydrogens is 296 g/mol. The van der Waals surface area contributed by atoms with Gasteiger partial charge in [-0.3, -0.25) is 0 Å². The quantitative estimate of drug-likeness (QED) is 0.599. The lowest BCUT2D eigenvalue weighted by atomic mass is 9.99. The first kappa shape index (κ1) is 15.9. The van der Waals surface area contributed by atoms with Crippen LogP contribution in [-0.2, 0) is 0 Å². The predicted molar refractivity (Wildman–Crippen MR) is 94.4 cm³/mol. The van der Waals surface area contributed by atoms with Gasteiger partial charge in [0.15, 0.2) is 0 Å². The van der Waals surface area contributed by atoms with Crippen molar-refractivity contribution in [2.24, 2.45) is 11.5 Å². The van der Waals surface area contributed by atoms with Gasteiger partial charge in [0.05, 0.1) is 5.71 Å². The largest absolute Gasteiger partial charge is 0.399 e. The molecule has 0 aliphatic carbocycles. The summed E-state index contributed by atoms with van der Waals surface area (Å²) in [5.74, 6) is -0.330. The van der Waals surface area contributed by atoms with Crippen LogP contribution < -0.4 is 16.8 Å². The van der Waals surface area contributed by atoms with Gasteiger partial charge in [-0.05, 0) is 29.1 Å². The van der Waals surface area contributed by atoms with Crippen LogP contribution in [0.2, 0.25) is 0 Å². The molecule has 0 aliphatic rings. The maximum atomic E-state index is 12.9. The third-order valence-electron chi connectivity index (χ3n) is 3.19. The monoisotopic (exact) mass is 313 g/mol. The fourth-order valence-corrected chi connectivity index (χ4v) is 2.51. The van der Waals surface area contributed by atoms with Crippen molar-refractivity contribution in [3.63, 3.8) is 0 Å². The van der Waals surface area contributed by atoms with Crippen molar-refractivity contribution in [3.05, 3.63) is 77.6 Å². The second kappa shape index (κ2) is 6.54. The molecule has 5 heteroatoms. The first-order valence-corrected chi connectivity index (χ1v) is 7.13. The van der Waals surface area contributed by atoms with Gasteiger partial charge in [-0.2, -0.15) is 0 Å². The molecule has 112 valence electrons. The minimum absolute atomic E-state index is 0.217. The highest BCUT2D eigenvalue weighted by Crippen LogP contribution is 2.17. The Morgan fingerprint density at radius 1 is 1.14 bits per heavy atom. The average Bonchev–Trinajstić information content (AvgIpc) is 2.47. The fourth-order valence-electron chi connectivity index (χ4n) is 2.09. The molecular formula is C17H17FN3P. The molecule has 2 rings (SSSR count). The van der Waals surface area contributed by atoms with Gasteiger partial charge in [0.25, 0.3) is 0 Å². The summed E-state index contributed by atoms with van der Waals surface area (Å²) in [5.41, 5.74) is 14.8. The number of nitrogens with two attached hydrogens (primary N) is 2. The number of allylic oxidation sites excluding steroid dienone is 1. The molecule has 22 heavy (non-hydrogen) atoms. The average molecular weight is 313 g/mol. The lowest BCUT2D eigenvalue weighted by molar-refractivity contribution is 0.627. The van der Waals surface area contributed by atoms with Crippen LogP contribution in [0, 0.1) is 11.2 Å². The van der Waals surface area contributed by atoms with Crippen LogP contribution in [0.15, 0.2) is 55.1 Å². The molecule has 0 bridgehead atoms. The van der Waals surface area contributed by atoms with Gasteiger partial charge in [0, 0.05) is 22.5 Å². The van der Waals surface area contributed by atoms with Gasteiger partial charge in [0.2, 0.25) is 0 Å². The Kier molecular flexibility index (Phi) is 4.74. The SMILES string of the molecule is C=C(N)c1cccc(P)c1C(=N)/C=C(\N)c1ccc(F)cc1. The fraction of sp³-hybridized carbons (Fsp3) is 0. The van der Waals surface area contributed by atoms with Crippen molar-refractivity contribution >= 4 is 31.7 Å². The lowest BCUT2D eigenvalue weighted by Gasteiger charge is -2.12. The predicted octanol–water partition coefficient (Wildman–Crippen LogP) is 2.62. The standard InChI is InChI=1S/C17H17FN3P/c1-10(19)13-3-2-4-16(22)17(13)15(21)9-14(20)11-5-7-12(18)8-6-11/h2-9,21H,1,19-20,22H2/b14-9-,21-15?. The summed E-state index contributed by atoms with van der Waals surface area (Å²) in [5, 5.41) is 9.12. The Morgan fingerprint density at radius 2 is 1.77 bits per heavy atom. The van der Waals surface area contributed by atoms with Crippen molar-refractivity contribution < 1.29 is 4.39 Å². The summed E-state index contributed by atoms with van der Waals surface area (Å²) in [6.07, 6.45) is 1.53. The van der Waals surface area contributed by atoms with Crippen molar-refractivity contribution in [2.45, 2.75) is 0 Å².